The van der Waals surface area contributed by atoms with E-state index in [4.69, 9.17) is 21.1 Å². The Labute approximate surface area is 245 Å². The van der Waals surface area contributed by atoms with Crippen molar-refractivity contribution in [1.82, 2.24) is 4.90 Å². The summed E-state index contributed by atoms with van der Waals surface area (Å²) in [4.78, 5) is 49.1. The molecule has 0 spiro atoms. The van der Waals surface area contributed by atoms with E-state index in [9.17, 15) is 37.7 Å². The van der Waals surface area contributed by atoms with Crippen molar-refractivity contribution < 1.29 is 42.0 Å². The minimum absolute atomic E-state index is 0.0147. The Morgan fingerprint density at radius 1 is 1.10 bits per heavy atom. The summed E-state index contributed by atoms with van der Waals surface area (Å²) < 4.78 is 49.8. The van der Waals surface area contributed by atoms with Crippen molar-refractivity contribution in [3.63, 3.8) is 0 Å². The Morgan fingerprint density at radius 2 is 1.81 bits per heavy atom. The molecule has 0 bridgehead atoms. The molecule has 15 heteroatoms. The normalized spacial score (nSPS) is 14.3. The molecular weight excluding hydrogens is 603 g/mol. The number of carbonyl (C=O) groups is 3. The standard InChI is InChI=1S/C27H19ClF3N3O7S/c1-14-3-6-17(28)12-18(14)32-24(35)13-33-25(36)23(42-26(33)37)10-15-4-7-21(22(9-15)40-2)41-20-8-5-16(27(29,30)31)11-19(20)34(38)39/h3-12H,13H2,1-2H3,(H,32,35)/b23-10+. The Morgan fingerprint density at radius 3 is 2.48 bits per heavy atom. The predicted molar refractivity (Wildman–Crippen MR) is 149 cm³/mol. The Bertz CT molecular complexity index is 1650. The van der Waals surface area contributed by atoms with Crippen LogP contribution in [-0.4, -0.2) is 40.5 Å². The predicted octanol–water partition coefficient (Wildman–Crippen LogP) is 7.05. The summed E-state index contributed by atoms with van der Waals surface area (Å²) in [6, 6.07) is 10.9. The molecule has 0 unspecified atom stereocenters. The number of anilines is 1. The van der Waals surface area contributed by atoms with Crippen molar-refractivity contribution in [3.8, 4) is 17.2 Å². The molecule has 0 aromatic heterocycles. The molecule has 0 aliphatic carbocycles. The number of methoxy groups -OCH3 is 1. The minimum Gasteiger partial charge on any atom is -0.493 e. The van der Waals surface area contributed by atoms with Crippen LogP contribution in [0.3, 0.4) is 0 Å². The number of nitrogens with zero attached hydrogens (tertiary/aromatic N) is 2. The number of ether oxygens (including phenoxy) is 2. The van der Waals surface area contributed by atoms with E-state index >= 15 is 0 Å². The van der Waals surface area contributed by atoms with Gasteiger partial charge in [0.1, 0.15) is 6.54 Å². The van der Waals surface area contributed by atoms with Crippen molar-refractivity contribution in [3.05, 3.63) is 91.3 Å². The fourth-order valence-corrected chi connectivity index (χ4v) is 4.76. The van der Waals surface area contributed by atoms with E-state index in [-0.39, 0.29) is 16.4 Å². The van der Waals surface area contributed by atoms with Crippen molar-refractivity contribution in [1.29, 1.82) is 0 Å². The largest absolute Gasteiger partial charge is 0.493 e. The second-order valence-electron chi connectivity index (χ2n) is 8.73. The first-order valence-electron chi connectivity index (χ1n) is 11.8. The van der Waals surface area contributed by atoms with Gasteiger partial charge in [-0.2, -0.15) is 13.2 Å². The molecule has 10 nitrogen and oxygen atoms in total. The van der Waals surface area contributed by atoms with Crippen molar-refractivity contribution >= 4 is 57.9 Å². The van der Waals surface area contributed by atoms with E-state index < -0.39 is 51.7 Å². The van der Waals surface area contributed by atoms with Gasteiger partial charge in [-0.1, -0.05) is 23.7 Å². The highest BCUT2D eigenvalue weighted by Gasteiger charge is 2.37. The summed E-state index contributed by atoms with van der Waals surface area (Å²) in [6.45, 7) is 1.22. The number of aryl methyl sites for hydroxylation is 1. The van der Waals surface area contributed by atoms with Gasteiger partial charge in [-0.15, -0.1) is 0 Å². The van der Waals surface area contributed by atoms with E-state index in [1.807, 2.05) is 0 Å². The number of rotatable bonds is 8. The molecule has 0 radical (unpaired) electrons. The smallest absolute Gasteiger partial charge is 0.416 e. The topological polar surface area (TPSA) is 128 Å². The molecule has 3 aromatic rings. The zero-order chi connectivity index (χ0) is 30.8. The molecular formula is C27H19ClF3N3O7S. The number of imide groups is 1. The van der Waals surface area contributed by atoms with Gasteiger partial charge < -0.3 is 14.8 Å². The SMILES string of the molecule is COc1cc(/C=C2/SC(=O)N(CC(=O)Nc3cc(Cl)ccc3C)C2=O)ccc1Oc1ccc(C(F)(F)F)cc1[N+](=O)[O-]. The molecule has 0 saturated carbocycles. The number of benzene rings is 3. The molecule has 1 saturated heterocycles. The van der Waals surface area contributed by atoms with Gasteiger partial charge in [0.25, 0.3) is 11.1 Å². The molecule has 218 valence electrons. The highest BCUT2D eigenvalue weighted by atomic mass is 35.5. The Kier molecular flexibility index (Phi) is 8.78. The summed E-state index contributed by atoms with van der Waals surface area (Å²) in [7, 11) is 1.27. The van der Waals surface area contributed by atoms with Crippen LogP contribution in [0.2, 0.25) is 5.02 Å². The molecule has 1 N–H and O–H groups in total. The first-order valence-corrected chi connectivity index (χ1v) is 13.0. The number of hydrogen-bond donors (Lipinski definition) is 1. The second kappa shape index (κ2) is 12.1. The zero-order valence-electron chi connectivity index (χ0n) is 21.7. The summed E-state index contributed by atoms with van der Waals surface area (Å²) in [6.07, 6.45) is -3.42. The highest BCUT2D eigenvalue weighted by Crippen LogP contribution is 2.41. The molecule has 1 aliphatic rings. The van der Waals surface area contributed by atoms with Crippen LogP contribution in [0.15, 0.2) is 59.5 Å². The zero-order valence-corrected chi connectivity index (χ0v) is 23.2. The van der Waals surface area contributed by atoms with Gasteiger partial charge >= 0.3 is 11.9 Å². The van der Waals surface area contributed by atoms with Crippen LogP contribution in [0, 0.1) is 17.0 Å². The molecule has 1 fully saturated rings. The van der Waals surface area contributed by atoms with E-state index in [2.05, 4.69) is 5.32 Å². The van der Waals surface area contributed by atoms with Gasteiger partial charge in [0.2, 0.25) is 11.7 Å². The van der Waals surface area contributed by atoms with Crippen LogP contribution in [-0.2, 0) is 15.8 Å². The minimum atomic E-state index is -4.79. The molecule has 42 heavy (non-hydrogen) atoms. The first kappa shape index (κ1) is 30.4. The van der Waals surface area contributed by atoms with Crippen LogP contribution in [0.5, 0.6) is 17.2 Å². The maximum absolute atomic E-state index is 13.0. The van der Waals surface area contributed by atoms with Crippen LogP contribution < -0.4 is 14.8 Å². The summed E-state index contributed by atoms with van der Waals surface area (Å²) in [5.41, 5.74) is -0.582. The van der Waals surface area contributed by atoms with Crippen molar-refractivity contribution in [2.24, 2.45) is 0 Å². The number of alkyl halides is 3. The van der Waals surface area contributed by atoms with Gasteiger partial charge in [-0.05, 0) is 72.3 Å². The summed E-state index contributed by atoms with van der Waals surface area (Å²) >= 11 is 6.58. The van der Waals surface area contributed by atoms with Crippen LogP contribution >= 0.6 is 23.4 Å². The van der Waals surface area contributed by atoms with Crippen LogP contribution in [0.1, 0.15) is 16.7 Å². The average Bonchev–Trinajstić information content (AvgIpc) is 3.18. The Hall–Kier alpha value is -4.56. The lowest BCUT2D eigenvalue weighted by atomic mass is 10.1. The van der Waals surface area contributed by atoms with Gasteiger partial charge in [0.15, 0.2) is 11.5 Å². The Balaban J connectivity index is 1.51. The van der Waals surface area contributed by atoms with Gasteiger partial charge in [0.05, 0.1) is 22.5 Å². The summed E-state index contributed by atoms with van der Waals surface area (Å²) in [5, 5.41) is 13.7. The number of nitrogens with one attached hydrogen (secondary N) is 1. The molecule has 1 aliphatic heterocycles. The summed E-state index contributed by atoms with van der Waals surface area (Å²) in [5.74, 6) is -1.79. The molecule has 3 aromatic carbocycles. The fraction of sp³-hybridized carbons (Fsp3) is 0.148. The lowest BCUT2D eigenvalue weighted by Gasteiger charge is -2.14. The third-order valence-electron chi connectivity index (χ3n) is 5.84. The van der Waals surface area contributed by atoms with Gasteiger partial charge in [-0.25, -0.2) is 0 Å². The first-order chi connectivity index (χ1) is 19.8. The van der Waals surface area contributed by atoms with E-state index in [0.717, 1.165) is 16.5 Å². The third kappa shape index (κ3) is 6.83. The van der Waals surface area contributed by atoms with Gasteiger partial charge in [0, 0.05) is 16.8 Å². The lowest BCUT2D eigenvalue weighted by Crippen LogP contribution is -2.36. The lowest BCUT2D eigenvalue weighted by molar-refractivity contribution is -0.385. The monoisotopic (exact) mass is 621 g/mol. The fourth-order valence-electron chi connectivity index (χ4n) is 3.75. The van der Waals surface area contributed by atoms with E-state index in [0.29, 0.717) is 40.2 Å². The third-order valence-corrected chi connectivity index (χ3v) is 6.98. The number of halogens is 4. The quantitative estimate of drug-likeness (QED) is 0.161. The molecule has 1 heterocycles. The van der Waals surface area contributed by atoms with Crippen molar-refractivity contribution in [2.45, 2.75) is 13.1 Å². The van der Waals surface area contributed by atoms with E-state index in [1.54, 1.807) is 25.1 Å². The average molecular weight is 622 g/mol. The number of hydrogen-bond acceptors (Lipinski definition) is 8. The number of nitro benzene ring substituents is 1. The maximum atomic E-state index is 13.0. The highest BCUT2D eigenvalue weighted by molar-refractivity contribution is 8.18. The van der Waals surface area contributed by atoms with Gasteiger partial charge in [-0.3, -0.25) is 29.4 Å². The van der Waals surface area contributed by atoms with Crippen LogP contribution in [0.25, 0.3) is 6.08 Å². The molecule has 0 atom stereocenters. The number of amides is 3. The van der Waals surface area contributed by atoms with Crippen LogP contribution in [0.4, 0.5) is 29.3 Å². The number of carbonyl (C=O) groups excluding carboxylic acids is 3. The molecule has 4 rings (SSSR count). The molecule has 3 amide bonds. The number of nitro groups is 1. The maximum Gasteiger partial charge on any atom is 0.416 e. The number of thioether (sulfide) groups is 1. The second-order valence-corrected chi connectivity index (χ2v) is 10.2. The van der Waals surface area contributed by atoms with E-state index in [1.165, 1.54) is 31.4 Å². The van der Waals surface area contributed by atoms with Crippen molar-refractivity contribution in [2.75, 3.05) is 19.0 Å².